The first kappa shape index (κ1) is 18.8. The Labute approximate surface area is 165 Å². The lowest BCUT2D eigenvalue weighted by molar-refractivity contribution is -0.144. The number of benzene rings is 2. The number of hydrogen-bond acceptors (Lipinski definition) is 5. The first-order valence-corrected chi connectivity index (χ1v) is 11.1. The van der Waals surface area contributed by atoms with E-state index in [4.69, 9.17) is 9.47 Å². The lowest BCUT2D eigenvalue weighted by atomic mass is 10.1. The van der Waals surface area contributed by atoms with Crippen molar-refractivity contribution in [2.45, 2.75) is 30.8 Å². The van der Waals surface area contributed by atoms with Crippen LogP contribution in [0.15, 0.2) is 54.6 Å². The van der Waals surface area contributed by atoms with Gasteiger partial charge in [-0.15, -0.1) is 0 Å². The molecule has 1 amide bonds. The summed E-state index contributed by atoms with van der Waals surface area (Å²) in [5.74, 6) is 0.854. The molecule has 28 heavy (non-hydrogen) atoms. The quantitative estimate of drug-likeness (QED) is 0.773. The number of sulfone groups is 1. The predicted octanol–water partition coefficient (Wildman–Crippen LogP) is 2.60. The summed E-state index contributed by atoms with van der Waals surface area (Å²) in [7, 11) is -3.34. The van der Waals surface area contributed by atoms with Crippen LogP contribution in [0.5, 0.6) is 11.5 Å². The molecule has 2 heterocycles. The number of hydrogen-bond donors (Lipinski definition) is 0. The number of rotatable bonds is 2. The predicted molar refractivity (Wildman–Crippen MR) is 105 cm³/mol. The van der Waals surface area contributed by atoms with Gasteiger partial charge in [-0.1, -0.05) is 42.5 Å². The van der Waals surface area contributed by atoms with Gasteiger partial charge in [-0.25, -0.2) is 8.42 Å². The van der Waals surface area contributed by atoms with Crippen molar-refractivity contribution in [3.05, 3.63) is 60.2 Å². The lowest BCUT2D eigenvalue weighted by Gasteiger charge is -2.34. The molecule has 4 rings (SSSR count). The number of para-hydroxylation sites is 2. The fourth-order valence-corrected chi connectivity index (χ4v) is 5.57. The molecule has 1 fully saturated rings. The SMILES string of the molecule is CC1Oc2ccccc2OC1C(=O)N1CCC(c2ccccc2)S(=O)(=O)CC1. The summed E-state index contributed by atoms with van der Waals surface area (Å²) in [5, 5.41) is -0.590. The van der Waals surface area contributed by atoms with Crippen LogP contribution in [0.4, 0.5) is 0 Å². The number of amides is 1. The zero-order chi connectivity index (χ0) is 19.7. The van der Waals surface area contributed by atoms with Crippen molar-refractivity contribution >= 4 is 15.7 Å². The van der Waals surface area contributed by atoms with Crippen molar-refractivity contribution in [2.24, 2.45) is 0 Å². The van der Waals surface area contributed by atoms with E-state index >= 15 is 0 Å². The molecule has 2 aromatic rings. The van der Waals surface area contributed by atoms with Crippen molar-refractivity contribution in [3.63, 3.8) is 0 Å². The van der Waals surface area contributed by atoms with E-state index in [2.05, 4.69) is 0 Å². The van der Waals surface area contributed by atoms with Crippen LogP contribution in [0.2, 0.25) is 0 Å². The van der Waals surface area contributed by atoms with Crippen LogP contribution in [-0.2, 0) is 14.6 Å². The monoisotopic (exact) mass is 401 g/mol. The van der Waals surface area contributed by atoms with E-state index in [9.17, 15) is 13.2 Å². The molecule has 0 aromatic heterocycles. The van der Waals surface area contributed by atoms with Crippen LogP contribution in [0.1, 0.15) is 24.2 Å². The van der Waals surface area contributed by atoms with Crippen LogP contribution in [0.3, 0.4) is 0 Å². The van der Waals surface area contributed by atoms with Crippen LogP contribution < -0.4 is 9.47 Å². The van der Waals surface area contributed by atoms with Crippen molar-refractivity contribution < 1.29 is 22.7 Å². The molecule has 0 saturated carbocycles. The second kappa shape index (κ2) is 7.47. The highest BCUT2D eigenvalue weighted by Gasteiger charge is 2.39. The normalized spacial score (nSPS) is 26.3. The highest BCUT2D eigenvalue weighted by molar-refractivity contribution is 7.91. The van der Waals surface area contributed by atoms with Gasteiger partial charge in [0.15, 0.2) is 21.3 Å². The summed E-state index contributed by atoms with van der Waals surface area (Å²) in [5.41, 5.74) is 0.774. The van der Waals surface area contributed by atoms with E-state index in [-0.39, 0.29) is 18.2 Å². The number of fused-ring (bicyclic) bond motifs is 1. The summed E-state index contributed by atoms with van der Waals surface area (Å²) in [6.45, 7) is 2.32. The number of carbonyl (C=O) groups excluding carboxylic acids is 1. The molecule has 3 atom stereocenters. The van der Waals surface area contributed by atoms with Gasteiger partial charge in [-0.2, -0.15) is 0 Å². The standard InChI is InChI=1S/C21H23NO5S/c1-15-20(27-18-10-6-5-9-17(18)26-15)21(23)22-12-11-19(28(24,25)14-13-22)16-7-3-2-4-8-16/h2-10,15,19-20H,11-14H2,1H3. The smallest absolute Gasteiger partial charge is 0.267 e. The number of nitrogens with zero attached hydrogens (tertiary/aromatic N) is 1. The molecule has 0 radical (unpaired) electrons. The van der Waals surface area contributed by atoms with Crippen molar-refractivity contribution in [3.8, 4) is 11.5 Å². The van der Waals surface area contributed by atoms with Gasteiger partial charge in [0.05, 0.1) is 11.0 Å². The van der Waals surface area contributed by atoms with E-state index < -0.39 is 27.3 Å². The van der Waals surface area contributed by atoms with Crippen LogP contribution in [0, 0.1) is 0 Å². The Morgan fingerprint density at radius 2 is 1.61 bits per heavy atom. The summed E-state index contributed by atoms with van der Waals surface area (Å²) >= 11 is 0. The summed E-state index contributed by atoms with van der Waals surface area (Å²) < 4.78 is 37.3. The van der Waals surface area contributed by atoms with Crippen LogP contribution >= 0.6 is 0 Å². The minimum absolute atomic E-state index is 0.0587. The first-order valence-electron chi connectivity index (χ1n) is 9.43. The molecule has 0 bridgehead atoms. The Kier molecular flexibility index (Phi) is 5.02. The summed E-state index contributed by atoms with van der Waals surface area (Å²) in [4.78, 5) is 14.7. The maximum atomic E-state index is 13.1. The van der Waals surface area contributed by atoms with E-state index in [1.807, 2.05) is 42.5 Å². The molecule has 1 saturated heterocycles. The third kappa shape index (κ3) is 3.58. The molecule has 148 valence electrons. The van der Waals surface area contributed by atoms with E-state index in [1.54, 1.807) is 24.0 Å². The molecule has 0 spiro atoms. The van der Waals surface area contributed by atoms with Gasteiger partial charge >= 0.3 is 0 Å². The van der Waals surface area contributed by atoms with Gasteiger partial charge in [0.1, 0.15) is 6.10 Å². The Hall–Kier alpha value is -2.54. The largest absolute Gasteiger partial charge is 0.482 e. The zero-order valence-corrected chi connectivity index (χ0v) is 16.5. The average molecular weight is 401 g/mol. The first-order chi connectivity index (χ1) is 13.5. The van der Waals surface area contributed by atoms with E-state index in [0.29, 0.717) is 24.5 Å². The molecular weight excluding hydrogens is 378 g/mol. The molecular formula is C21H23NO5S. The fraction of sp³-hybridized carbons (Fsp3) is 0.381. The Balaban J connectivity index is 1.52. The van der Waals surface area contributed by atoms with Crippen molar-refractivity contribution in [1.29, 1.82) is 0 Å². The molecule has 2 aromatic carbocycles. The molecule has 7 heteroatoms. The second-order valence-corrected chi connectivity index (χ2v) is 9.49. The molecule has 0 aliphatic carbocycles. The average Bonchev–Trinajstić information content (AvgIpc) is 2.85. The maximum Gasteiger partial charge on any atom is 0.267 e. The molecule has 2 aliphatic heterocycles. The Morgan fingerprint density at radius 3 is 2.32 bits per heavy atom. The van der Waals surface area contributed by atoms with Crippen molar-refractivity contribution in [2.75, 3.05) is 18.8 Å². The van der Waals surface area contributed by atoms with Crippen LogP contribution in [0.25, 0.3) is 0 Å². The second-order valence-electron chi connectivity index (χ2n) is 7.19. The highest BCUT2D eigenvalue weighted by atomic mass is 32.2. The van der Waals surface area contributed by atoms with Gasteiger partial charge in [-0.3, -0.25) is 4.79 Å². The maximum absolute atomic E-state index is 13.1. The van der Waals surface area contributed by atoms with Gasteiger partial charge in [-0.05, 0) is 31.0 Å². The van der Waals surface area contributed by atoms with E-state index in [0.717, 1.165) is 5.56 Å². The van der Waals surface area contributed by atoms with Gasteiger partial charge in [0.25, 0.3) is 5.91 Å². The molecule has 3 unspecified atom stereocenters. The Morgan fingerprint density at radius 1 is 0.964 bits per heavy atom. The Bertz CT molecular complexity index is 960. The third-order valence-corrected chi connectivity index (χ3v) is 7.44. The fourth-order valence-electron chi connectivity index (χ4n) is 3.78. The van der Waals surface area contributed by atoms with E-state index in [1.165, 1.54) is 0 Å². The topological polar surface area (TPSA) is 72.9 Å². The number of ether oxygens (including phenoxy) is 2. The molecule has 2 aliphatic rings. The summed E-state index contributed by atoms with van der Waals surface area (Å²) in [6.07, 6.45) is -0.866. The third-order valence-electron chi connectivity index (χ3n) is 5.31. The lowest BCUT2D eigenvalue weighted by Crippen LogP contribution is -2.51. The minimum Gasteiger partial charge on any atom is -0.482 e. The van der Waals surface area contributed by atoms with Gasteiger partial charge in [0, 0.05) is 13.1 Å². The zero-order valence-electron chi connectivity index (χ0n) is 15.7. The van der Waals surface area contributed by atoms with Crippen molar-refractivity contribution in [1.82, 2.24) is 4.90 Å². The van der Waals surface area contributed by atoms with Gasteiger partial charge in [0.2, 0.25) is 6.10 Å². The summed E-state index contributed by atoms with van der Waals surface area (Å²) in [6, 6.07) is 16.4. The molecule has 6 nitrogen and oxygen atoms in total. The van der Waals surface area contributed by atoms with Crippen LogP contribution in [-0.4, -0.2) is 50.3 Å². The highest BCUT2D eigenvalue weighted by Crippen LogP contribution is 2.35. The minimum atomic E-state index is -3.34. The molecule has 0 N–H and O–H groups in total. The van der Waals surface area contributed by atoms with Gasteiger partial charge < -0.3 is 14.4 Å². The number of carbonyl (C=O) groups is 1.